The summed E-state index contributed by atoms with van der Waals surface area (Å²) < 4.78 is 0. The van der Waals surface area contributed by atoms with Crippen LogP contribution in [-0.4, -0.2) is 11.2 Å². The molecule has 4 rings (SSSR count). The summed E-state index contributed by atoms with van der Waals surface area (Å²) in [6.45, 7) is 7.33. The average Bonchev–Trinajstić information content (AvgIpc) is 2.84. The molecule has 1 N–H and O–H groups in total. The first-order chi connectivity index (χ1) is 10.5. The van der Waals surface area contributed by atoms with E-state index in [2.05, 4.69) is 32.9 Å². The SMILES string of the molecule is C/C=C1/CC[C@@H]2[C@@H]3CC=C4C[C@@H](O)CC[C@]4(C)[C@H]3CC[C@]12C. The molecule has 0 aromatic rings. The minimum atomic E-state index is -0.0779. The molecule has 0 heterocycles. The number of aliphatic hydroxyl groups excluding tert-OH is 1. The van der Waals surface area contributed by atoms with Gasteiger partial charge in [0.05, 0.1) is 6.10 Å². The van der Waals surface area contributed by atoms with Crippen molar-refractivity contribution < 1.29 is 5.11 Å². The van der Waals surface area contributed by atoms with Crippen LogP contribution in [0.15, 0.2) is 23.3 Å². The number of hydrogen-bond donors (Lipinski definition) is 1. The monoisotopic (exact) mass is 300 g/mol. The third-order valence-electron chi connectivity index (χ3n) is 8.27. The highest BCUT2D eigenvalue weighted by Crippen LogP contribution is 2.66. The van der Waals surface area contributed by atoms with E-state index in [0.29, 0.717) is 10.8 Å². The quantitative estimate of drug-likeness (QED) is 0.605. The Bertz CT molecular complexity index is 530. The molecule has 0 amide bonds. The van der Waals surface area contributed by atoms with Crippen LogP contribution in [0.25, 0.3) is 0 Å². The molecule has 4 aliphatic rings. The van der Waals surface area contributed by atoms with E-state index in [1.807, 2.05) is 0 Å². The first-order valence-corrected chi connectivity index (χ1v) is 9.52. The predicted molar refractivity (Wildman–Crippen MR) is 91.5 cm³/mol. The van der Waals surface area contributed by atoms with Crippen LogP contribution in [0.3, 0.4) is 0 Å². The van der Waals surface area contributed by atoms with Gasteiger partial charge in [0.25, 0.3) is 0 Å². The van der Waals surface area contributed by atoms with Gasteiger partial charge in [0.15, 0.2) is 0 Å². The van der Waals surface area contributed by atoms with E-state index in [9.17, 15) is 5.11 Å². The average molecular weight is 300 g/mol. The summed E-state index contributed by atoms with van der Waals surface area (Å²) in [5, 5.41) is 10.1. The normalized spacial score (nSPS) is 52.7. The Morgan fingerprint density at radius 2 is 1.82 bits per heavy atom. The van der Waals surface area contributed by atoms with Crippen molar-refractivity contribution in [1.82, 2.24) is 0 Å². The molecule has 3 saturated carbocycles. The van der Waals surface area contributed by atoms with Crippen LogP contribution in [0.5, 0.6) is 0 Å². The lowest BCUT2D eigenvalue weighted by Gasteiger charge is -2.57. The molecule has 0 radical (unpaired) electrons. The fraction of sp³-hybridized carbons (Fsp3) is 0.810. The van der Waals surface area contributed by atoms with E-state index in [1.165, 1.54) is 38.5 Å². The third kappa shape index (κ3) is 1.87. The Morgan fingerprint density at radius 3 is 2.59 bits per heavy atom. The fourth-order valence-corrected chi connectivity index (χ4v) is 6.96. The highest BCUT2D eigenvalue weighted by Gasteiger charge is 2.56. The Hall–Kier alpha value is -0.560. The number of fused-ring (bicyclic) bond motifs is 5. The van der Waals surface area contributed by atoms with Gasteiger partial charge in [-0.25, -0.2) is 0 Å². The minimum absolute atomic E-state index is 0.0779. The second-order valence-electron chi connectivity index (χ2n) is 8.96. The van der Waals surface area contributed by atoms with Crippen molar-refractivity contribution >= 4 is 0 Å². The topological polar surface area (TPSA) is 20.2 Å². The molecule has 122 valence electrons. The van der Waals surface area contributed by atoms with Gasteiger partial charge in [-0.3, -0.25) is 0 Å². The van der Waals surface area contributed by atoms with Crippen LogP contribution in [0.2, 0.25) is 0 Å². The summed E-state index contributed by atoms with van der Waals surface area (Å²) >= 11 is 0. The second kappa shape index (κ2) is 4.97. The van der Waals surface area contributed by atoms with Gasteiger partial charge in [0.1, 0.15) is 0 Å². The summed E-state index contributed by atoms with van der Waals surface area (Å²) in [7, 11) is 0. The molecular weight excluding hydrogens is 268 g/mol. The highest BCUT2D eigenvalue weighted by molar-refractivity contribution is 5.29. The molecule has 0 spiro atoms. The van der Waals surface area contributed by atoms with Crippen molar-refractivity contribution in [3.8, 4) is 0 Å². The van der Waals surface area contributed by atoms with Crippen LogP contribution in [0.4, 0.5) is 0 Å². The Balaban J connectivity index is 1.69. The van der Waals surface area contributed by atoms with Crippen molar-refractivity contribution in [2.45, 2.75) is 78.2 Å². The van der Waals surface area contributed by atoms with E-state index in [0.717, 1.165) is 30.6 Å². The Labute approximate surface area is 135 Å². The summed E-state index contributed by atoms with van der Waals surface area (Å²) in [5.41, 5.74) is 4.23. The molecule has 4 aliphatic carbocycles. The lowest BCUT2D eigenvalue weighted by atomic mass is 9.48. The van der Waals surface area contributed by atoms with E-state index in [1.54, 1.807) is 11.1 Å². The number of aliphatic hydroxyl groups is 1. The molecule has 3 fully saturated rings. The van der Waals surface area contributed by atoms with Crippen molar-refractivity contribution in [1.29, 1.82) is 0 Å². The van der Waals surface area contributed by atoms with Gasteiger partial charge in [0.2, 0.25) is 0 Å². The van der Waals surface area contributed by atoms with Crippen LogP contribution in [-0.2, 0) is 0 Å². The molecule has 0 aromatic heterocycles. The Morgan fingerprint density at radius 1 is 1.09 bits per heavy atom. The number of hydrogen-bond acceptors (Lipinski definition) is 1. The first kappa shape index (κ1) is 15.0. The largest absolute Gasteiger partial charge is 0.393 e. The lowest BCUT2D eigenvalue weighted by Crippen LogP contribution is -2.49. The van der Waals surface area contributed by atoms with Gasteiger partial charge in [-0.1, -0.05) is 37.1 Å². The van der Waals surface area contributed by atoms with Gasteiger partial charge in [-0.15, -0.1) is 0 Å². The highest BCUT2D eigenvalue weighted by atomic mass is 16.3. The Kier molecular flexibility index (Phi) is 3.39. The molecule has 0 aliphatic heterocycles. The number of allylic oxidation sites excluding steroid dienone is 3. The summed E-state index contributed by atoms with van der Waals surface area (Å²) in [4.78, 5) is 0. The molecule has 1 heteroatoms. The maximum atomic E-state index is 10.1. The molecule has 0 unspecified atom stereocenters. The molecule has 1 nitrogen and oxygen atoms in total. The second-order valence-corrected chi connectivity index (χ2v) is 8.96. The van der Waals surface area contributed by atoms with Crippen molar-refractivity contribution in [3.05, 3.63) is 23.3 Å². The third-order valence-corrected chi connectivity index (χ3v) is 8.27. The first-order valence-electron chi connectivity index (χ1n) is 9.52. The van der Waals surface area contributed by atoms with Crippen molar-refractivity contribution in [2.24, 2.45) is 28.6 Å². The van der Waals surface area contributed by atoms with E-state index >= 15 is 0 Å². The van der Waals surface area contributed by atoms with Gasteiger partial charge in [-0.05, 0) is 86.9 Å². The zero-order chi connectivity index (χ0) is 15.5. The molecule has 0 bridgehead atoms. The predicted octanol–water partition coefficient (Wildman–Crippen LogP) is 5.26. The zero-order valence-corrected chi connectivity index (χ0v) is 14.6. The molecule has 0 saturated heterocycles. The zero-order valence-electron chi connectivity index (χ0n) is 14.6. The lowest BCUT2D eigenvalue weighted by molar-refractivity contribution is -0.0268. The van der Waals surface area contributed by atoms with Gasteiger partial charge in [0, 0.05) is 0 Å². The standard InChI is InChI=1S/C21H32O/c1-4-14-6-8-18-17-7-5-15-13-16(22)9-11-21(15,3)19(17)10-12-20(14,18)2/h4-5,16-19,22H,6-13H2,1-3H3/b14-4-/t16-,17-,18+,19-,20+,21-/m0/s1. The molecule has 22 heavy (non-hydrogen) atoms. The number of rotatable bonds is 0. The maximum absolute atomic E-state index is 10.1. The minimum Gasteiger partial charge on any atom is -0.393 e. The molecular formula is C21H32O. The fourth-order valence-electron chi connectivity index (χ4n) is 6.96. The molecule has 0 aromatic carbocycles. The van der Waals surface area contributed by atoms with Crippen molar-refractivity contribution in [3.63, 3.8) is 0 Å². The maximum Gasteiger partial charge on any atom is 0.0577 e. The van der Waals surface area contributed by atoms with Crippen LogP contribution in [0.1, 0.15) is 72.1 Å². The van der Waals surface area contributed by atoms with Crippen LogP contribution >= 0.6 is 0 Å². The van der Waals surface area contributed by atoms with Crippen molar-refractivity contribution in [2.75, 3.05) is 0 Å². The van der Waals surface area contributed by atoms with E-state index < -0.39 is 0 Å². The molecule has 6 atom stereocenters. The van der Waals surface area contributed by atoms with Gasteiger partial charge in [-0.2, -0.15) is 0 Å². The van der Waals surface area contributed by atoms with E-state index in [-0.39, 0.29) is 6.10 Å². The van der Waals surface area contributed by atoms with Gasteiger partial charge >= 0.3 is 0 Å². The summed E-state index contributed by atoms with van der Waals surface area (Å²) in [6.07, 6.45) is 14.9. The van der Waals surface area contributed by atoms with E-state index in [4.69, 9.17) is 0 Å². The van der Waals surface area contributed by atoms with Gasteiger partial charge < -0.3 is 5.11 Å². The smallest absolute Gasteiger partial charge is 0.0577 e. The van der Waals surface area contributed by atoms with Crippen LogP contribution in [0, 0.1) is 28.6 Å². The summed E-state index contributed by atoms with van der Waals surface area (Å²) in [6, 6.07) is 0. The van der Waals surface area contributed by atoms with Crippen LogP contribution < -0.4 is 0 Å². The summed E-state index contributed by atoms with van der Waals surface area (Å²) in [5.74, 6) is 2.66.